The summed E-state index contributed by atoms with van der Waals surface area (Å²) < 4.78 is 0. The van der Waals surface area contributed by atoms with Gasteiger partial charge in [0.25, 0.3) is 0 Å². The van der Waals surface area contributed by atoms with Crippen LogP contribution in [-0.2, 0) is 6.54 Å². The average Bonchev–Trinajstić information content (AvgIpc) is 1.93. The maximum Gasteiger partial charge on any atom is 0.115 e. The van der Waals surface area contributed by atoms with E-state index in [1.165, 1.54) is 5.56 Å². The topological polar surface area (TPSA) is 23.5 Å². The lowest BCUT2D eigenvalue weighted by Gasteiger charge is -2.08. The Bertz CT molecular complexity index is 216. The van der Waals surface area contributed by atoms with Gasteiger partial charge in [0, 0.05) is 6.54 Å². The maximum absolute atomic E-state index is 8.98. The zero-order valence-corrected chi connectivity index (χ0v) is 6.91. The minimum absolute atomic E-state index is 0.326. The second kappa shape index (κ2) is 3.39. The molecule has 0 saturated carbocycles. The van der Waals surface area contributed by atoms with E-state index < -0.39 is 0 Å². The lowest BCUT2D eigenvalue weighted by Crippen LogP contribution is -2.10. The zero-order chi connectivity index (χ0) is 8.27. The number of phenolic OH excluding ortho intramolecular Hbond substituents is 1. The Kier molecular flexibility index (Phi) is 2.49. The Morgan fingerprint density at radius 3 is 2.18 bits per heavy atom. The van der Waals surface area contributed by atoms with Gasteiger partial charge in [-0.2, -0.15) is 0 Å². The predicted molar refractivity (Wildman–Crippen MR) is 45.5 cm³/mol. The summed E-state index contributed by atoms with van der Waals surface area (Å²) >= 11 is 0. The molecule has 0 spiro atoms. The van der Waals surface area contributed by atoms with Crippen molar-refractivity contribution in [2.45, 2.75) is 6.54 Å². The molecule has 11 heavy (non-hydrogen) atoms. The molecule has 0 fully saturated rings. The summed E-state index contributed by atoms with van der Waals surface area (Å²) in [6.45, 7) is 0.917. The van der Waals surface area contributed by atoms with Gasteiger partial charge in [0.15, 0.2) is 0 Å². The van der Waals surface area contributed by atoms with Gasteiger partial charge in [-0.1, -0.05) is 12.1 Å². The van der Waals surface area contributed by atoms with Crippen molar-refractivity contribution in [2.75, 3.05) is 14.1 Å². The Balaban J connectivity index is 2.66. The molecule has 0 aliphatic heterocycles. The lowest BCUT2D eigenvalue weighted by molar-refractivity contribution is 0.402. The molecule has 1 aromatic rings. The third-order valence-corrected chi connectivity index (χ3v) is 1.44. The van der Waals surface area contributed by atoms with Crippen LogP contribution in [0.25, 0.3) is 0 Å². The number of aromatic hydroxyl groups is 1. The van der Waals surface area contributed by atoms with Gasteiger partial charge in [-0.05, 0) is 31.8 Å². The van der Waals surface area contributed by atoms with E-state index in [4.69, 9.17) is 5.11 Å². The summed E-state index contributed by atoms with van der Waals surface area (Å²) in [7, 11) is 4.04. The van der Waals surface area contributed by atoms with Crippen molar-refractivity contribution in [1.29, 1.82) is 0 Å². The van der Waals surface area contributed by atoms with Gasteiger partial charge in [-0.15, -0.1) is 0 Å². The average molecular weight is 151 g/mol. The summed E-state index contributed by atoms with van der Waals surface area (Å²) in [5.41, 5.74) is 1.22. The van der Waals surface area contributed by atoms with Crippen molar-refractivity contribution in [2.24, 2.45) is 0 Å². The van der Waals surface area contributed by atoms with E-state index in [-0.39, 0.29) is 0 Å². The van der Waals surface area contributed by atoms with Crippen molar-refractivity contribution >= 4 is 0 Å². The third kappa shape index (κ3) is 2.60. The number of rotatable bonds is 2. The molecule has 2 heteroatoms. The molecule has 0 saturated heterocycles. The van der Waals surface area contributed by atoms with Crippen LogP contribution in [0.2, 0.25) is 0 Å². The molecule has 0 aliphatic rings. The van der Waals surface area contributed by atoms with Crippen LogP contribution in [0.4, 0.5) is 0 Å². The quantitative estimate of drug-likeness (QED) is 0.691. The fraction of sp³-hybridized carbons (Fsp3) is 0.333. The molecule has 1 rings (SSSR count). The minimum atomic E-state index is 0.326. The Hall–Kier alpha value is -1.02. The largest absolute Gasteiger partial charge is 0.508 e. The Morgan fingerprint density at radius 1 is 1.18 bits per heavy atom. The smallest absolute Gasteiger partial charge is 0.115 e. The third-order valence-electron chi connectivity index (χ3n) is 1.44. The van der Waals surface area contributed by atoms with Gasteiger partial charge < -0.3 is 10.0 Å². The molecular weight excluding hydrogens is 138 g/mol. The van der Waals surface area contributed by atoms with E-state index >= 15 is 0 Å². The van der Waals surface area contributed by atoms with Crippen LogP contribution in [0, 0.1) is 0 Å². The SMILES string of the molecule is CN(C)Cc1ccc(O)cc1. The van der Waals surface area contributed by atoms with Crippen LogP contribution in [0.1, 0.15) is 5.56 Å². The molecule has 1 N–H and O–H groups in total. The van der Waals surface area contributed by atoms with Crippen molar-refractivity contribution in [1.82, 2.24) is 4.90 Å². The fourth-order valence-corrected chi connectivity index (χ4v) is 0.967. The highest BCUT2D eigenvalue weighted by atomic mass is 16.3. The van der Waals surface area contributed by atoms with E-state index in [9.17, 15) is 0 Å². The normalized spacial score (nSPS) is 10.5. The summed E-state index contributed by atoms with van der Waals surface area (Å²) in [6, 6.07) is 7.27. The molecule has 0 radical (unpaired) electrons. The summed E-state index contributed by atoms with van der Waals surface area (Å²) in [5.74, 6) is 0.326. The number of nitrogens with zero attached hydrogens (tertiary/aromatic N) is 1. The highest BCUT2D eigenvalue weighted by Gasteiger charge is 1.93. The van der Waals surface area contributed by atoms with Gasteiger partial charge in [0.2, 0.25) is 0 Å². The molecule has 1 aromatic carbocycles. The Morgan fingerprint density at radius 2 is 1.73 bits per heavy atom. The van der Waals surface area contributed by atoms with Crippen LogP contribution < -0.4 is 0 Å². The van der Waals surface area contributed by atoms with E-state index in [2.05, 4.69) is 4.90 Å². The highest BCUT2D eigenvalue weighted by molar-refractivity contribution is 5.25. The molecule has 0 aliphatic carbocycles. The molecule has 0 bridgehead atoms. The number of hydrogen-bond donors (Lipinski definition) is 1. The van der Waals surface area contributed by atoms with Crippen LogP contribution in [0.5, 0.6) is 5.75 Å². The highest BCUT2D eigenvalue weighted by Crippen LogP contribution is 2.10. The van der Waals surface area contributed by atoms with Gasteiger partial charge in [0.05, 0.1) is 0 Å². The van der Waals surface area contributed by atoms with E-state index in [1.54, 1.807) is 12.1 Å². The standard InChI is InChI=1S/C9H13NO/c1-10(2)7-8-3-5-9(11)6-4-8/h3-6,11H,7H2,1-2H3. The second-order valence-corrected chi connectivity index (χ2v) is 2.90. The van der Waals surface area contributed by atoms with Gasteiger partial charge >= 0.3 is 0 Å². The zero-order valence-electron chi connectivity index (χ0n) is 6.91. The van der Waals surface area contributed by atoms with Crippen molar-refractivity contribution in [3.8, 4) is 5.75 Å². The molecule has 0 atom stereocenters. The van der Waals surface area contributed by atoms with Gasteiger partial charge in [0.1, 0.15) is 5.75 Å². The maximum atomic E-state index is 8.98. The molecular formula is C9H13NO. The van der Waals surface area contributed by atoms with E-state index in [0.29, 0.717) is 5.75 Å². The predicted octanol–water partition coefficient (Wildman–Crippen LogP) is 1.45. The van der Waals surface area contributed by atoms with Crippen LogP contribution in [-0.4, -0.2) is 24.1 Å². The molecule has 0 amide bonds. The number of hydrogen-bond acceptors (Lipinski definition) is 2. The van der Waals surface area contributed by atoms with E-state index in [0.717, 1.165) is 6.54 Å². The Labute approximate surface area is 67.1 Å². The molecule has 60 valence electrons. The van der Waals surface area contributed by atoms with Crippen molar-refractivity contribution < 1.29 is 5.11 Å². The first kappa shape index (κ1) is 8.08. The van der Waals surface area contributed by atoms with Crippen molar-refractivity contribution in [3.63, 3.8) is 0 Å². The van der Waals surface area contributed by atoms with E-state index in [1.807, 2.05) is 26.2 Å². The molecule has 2 nitrogen and oxygen atoms in total. The van der Waals surface area contributed by atoms with Gasteiger partial charge in [-0.3, -0.25) is 0 Å². The van der Waals surface area contributed by atoms with Crippen molar-refractivity contribution in [3.05, 3.63) is 29.8 Å². The summed E-state index contributed by atoms with van der Waals surface area (Å²) in [5, 5.41) is 8.98. The first-order valence-corrected chi connectivity index (χ1v) is 3.61. The molecule has 0 heterocycles. The monoisotopic (exact) mass is 151 g/mol. The van der Waals surface area contributed by atoms with Gasteiger partial charge in [-0.25, -0.2) is 0 Å². The summed E-state index contributed by atoms with van der Waals surface area (Å²) in [4.78, 5) is 2.09. The fourth-order valence-electron chi connectivity index (χ4n) is 0.967. The first-order valence-electron chi connectivity index (χ1n) is 3.61. The van der Waals surface area contributed by atoms with Crippen LogP contribution in [0.15, 0.2) is 24.3 Å². The molecule has 0 aromatic heterocycles. The van der Waals surface area contributed by atoms with Crippen LogP contribution >= 0.6 is 0 Å². The number of phenols is 1. The summed E-state index contributed by atoms with van der Waals surface area (Å²) in [6.07, 6.45) is 0. The second-order valence-electron chi connectivity index (χ2n) is 2.90. The minimum Gasteiger partial charge on any atom is -0.508 e. The molecule has 0 unspecified atom stereocenters. The number of benzene rings is 1. The van der Waals surface area contributed by atoms with Crippen LogP contribution in [0.3, 0.4) is 0 Å². The first-order chi connectivity index (χ1) is 5.18. The lowest BCUT2D eigenvalue weighted by atomic mass is 10.2.